The maximum absolute atomic E-state index is 11.2. The third kappa shape index (κ3) is 1.05. The number of carbonyl (C=O) groups is 1. The van der Waals surface area contributed by atoms with E-state index in [4.69, 9.17) is 4.74 Å². The lowest BCUT2D eigenvalue weighted by Gasteiger charge is -2.31. The van der Waals surface area contributed by atoms with Crippen LogP contribution in [0.2, 0.25) is 0 Å². The summed E-state index contributed by atoms with van der Waals surface area (Å²) >= 11 is 0. The molecule has 1 saturated heterocycles. The first-order valence-electron chi connectivity index (χ1n) is 4.87. The Morgan fingerprint density at radius 3 is 2.75 bits per heavy atom. The number of esters is 1. The molecule has 2 aliphatic rings. The van der Waals surface area contributed by atoms with Crippen molar-refractivity contribution in [1.29, 1.82) is 0 Å². The molecule has 0 unspecified atom stereocenters. The van der Waals surface area contributed by atoms with Crippen molar-refractivity contribution in [3.63, 3.8) is 0 Å². The van der Waals surface area contributed by atoms with Gasteiger partial charge in [0.25, 0.3) is 0 Å². The van der Waals surface area contributed by atoms with Crippen molar-refractivity contribution in [3.8, 4) is 0 Å². The molecule has 1 saturated carbocycles. The highest BCUT2D eigenvalue weighted by Gasteiger charge is 2.43. The number of rotatable bonds is 0. The van der Waals surface area contributed by atoms with E-state index in [1.807, 2.05) is 6.92 Å². The molecule has 68 valence electrons. The molecule has 12 heavy (non-hydrogen) atoms. The van der Waals surface area contributed by atoms with Gasteiger partial charge in [0.1, 0.15) is 0 Å². The van der Waals surface area contributed by atoms with Gasteiger partial charge in [-0.2, -0.15) is 0 Å². The van der Waals surface area contributed by atoms with Gasteiger partial charge >= 0.3 is 5.97 Å². The number of cyclic esters (lactones) is 1. The number of carbonyl (C=O) groups excluding carboxylic acids is 1. The average Bonchev–Trinajstić information content (AvgIpc) is 2.41. The third-order valence-corrected chi connectivity index (χ3v) is 3.67. The van der Waals surface area contributed by atoms with Crippen LogP contribution in [0.1, 0.15) is 26.7 Å². The fraction of sp³-hybridized carbons (Fsp3) is 0.900. The van der Waals surface area contributed by atoms with E-state index >= 15 is 0 Å². The predicted octanol–water partition coefficient (Wildman–Crippen LogP) is 1.84. The lowest BCUT2D eigenvalue weighted by Crippen LogP contribution is -2.36. The third-order valence-electron chi connectivity index (χ3n) is 3.67. The second kappa shape index (κ2) is 2.75. The Morgan fingerprint density at radius 2 is 2.00 bits per heavy atom. The standard InChI is InChI=1S/C10H16O2/c1-6-3-4-8-7(2)10(11)12-5-9(6)8/h6-9H,3-5H2,1-2H3/t6-,7+,8+,9+/m0/s1. The van der Waals surface area contributed by atoms with Crippen LogP contribution in [0.5, 0.6) is 0 Å². The molecular formula is C10H16O2. The Morgan fingerprint density at radius 1 is 1.25 bits per heavy atom. The Labute approximate surface area is 73.3 Å². The molecule has 2 nitrogen and oxygen atoms in total. The van der Waals surface area contributed by atoms with Crippen LogP contribution in [-0.4, -0.2) is 12.6 Å². The van der Waals surface area contributed by atoms with Gasteiger partial charge in [0.15, 0.2) is 0 Å². The highest BCUT2D eigenvalue weighted by atomic mass is 16.5. The highest BCUT2D eigenvalue weighted by Crippen LogP contribution is 2.43. The van der Waals surface area contributed by atoms with Crippen LogP contribution in [0.4, 0.5) is 0 Å². The topological polar surface area (TPSA) is 26.3 Å². The zero-order valence-electron chi connectivity index (χ0n) is 7.75. The second-order valence-corrected chi connectivity index (χ2v) is 4.30. The minimum Gasteiger partial charge on any atom is -0.465 e. The van der Waals surface area contributed by atoms with Crippen LogP contribution in [0.3, 0.4) is 0 Å². The smallest absolute Gasteiger partial charge is 0.308 e. The van der Waals surface area contributed by atoms with E-state index in [1.165, 1.54) is 12.8 Å². The Hall–Kier alpha value is -0.530. The molecule has 0 aromatic heterocycles. The van der Waals surface area contributed by atoms with Crippen molar-refractivity contribution >= 4 is 5.97 Å². The number of hydrogen-bond donors (Lipinski definition) is 0. The summed E-state index contributed by atoms with van der Waals surface area (Å²) in [6.07, 6.45) is 2.50. The molecule has 0 bridgehead atoms. The first kappa shape index (κ1) is 8.09. The van der Waals surface area contributed by atoms with Gasteiger partial charge in [-0.3, -0.25) is 4.79 Å². The largest absolute Gasteiger partial charge is 0.465 e. The van der Waals surface area contributed by atoms with Crippen molar-refractivity contribution in [2.75, 3.05) is 6.61 Å². The number of fused-ring (bicyclic) bond motifs is 1. The zero-order valence-corrected chi connectivity index (χ0v) is 7.75. The van der Waals surface area contributed by atoms with Gasteiger partial charge in [-0.05, 0) is 24.2 Å². The van der Waals surface area contributed by atoms with Crippen LogP contribution in [-0.2, 0) is 9.53 Å². The first-order chi connectivity index (χ1) is 5.70. The van der Waals surface area contributed by atoms with Crippen molar-refractivity contribution in [2.24, 2.45) is 23.7 Å². The Bertz CT molecular complexity index is 200. The highest BCUT2D eigenvalue weighted by molar-refractivity contribution is 5.73. The molecule has 0 aromatic rings. The molecule has 1 heterocycles. The molecule has 0 N–H and O–H groups in total. The minimum atomic E-state index is 0.0188. The summed E-state index contributed by atoms with van der Waals surface area (Å²) in [5, 5.41) is 0. The molecule has 0 aromatic carbocycles. The predicted molar refractivity (Wildman–Crippen MR) is 45.5 cm³/mol. The molecule has 1 aliphatic heterocycles. The lowest BCUT2D eigenvalue weighted by molar-refractivity contribution is -0.159. The van der Waals surface area contributed by atoms with Crippen LogP contribution >= 0.6 is 0 Å². The van der Waals surface area contributed by atoms with Crippen molar-refractivity contribution in [2.45, 2.75) is 26.7 Å². The van der Waals surface area contributed by atoms with Gasteiger partial charge in [-0.25, -0.2) is 0 Å². The Balaban J connectivity index is 2.14. The van der Waals surface area contributed by atoms with E-state index < -0.39 is 0 Å². The summed E-state index contributed by atoms with van der Waals surface area (Å²) in [6.45, 7) is 4.96. The van der Waals surface area contributed by atoms with Gasteiger partial charge < -0.3 is 4.74 Å². The van der Waals surface area contributed by atoms with Crippen LogP contribution < -0.4 is 0 Å². The van der Waals surface area contributed by atoms with Crippen LogP contribution in [0.15, 0.2) is 0 Å². The van der Waals surface area contributed by atoms with E-state index in [-0.39, 0.29) is 11.9 Å². The van der Waals surface area contributed by atoms with Gasteiger partial charge in [-0.1, -0.05) is 20.3 Å². The van der Waals surface area contributed by atoms with Crippen molar-refractivity contribution in [3.05, 3.63) is 0 Å². The summed E-state index contributed by atoms with van der Waals surface area (Å²) < 4.78 is 5.14. The van der Waals surface area contributed by atoms with E-state index in [1.54, 1.807) is 0 Å². The molecule has 2 rings (SSSR count). The Kier molecular flexibility index (Phi) is 1.85. The summed E-state index contributed by atoms with van der Waals surface area (Å²) in [5.74, 6) is 2.18. The molecule has 4 atom stereocenters. The van der Waals surface area contributed by atoms with Crippen LogP contribution in [0, 0.1) is 23.7 Å². The normalized spacial score (nSPS) is 47.0. The van der Waals surface area contributed by atoms with Crippen LogP contribution in [0.25, 0.3) is 0 Å². The van der Waals surface area contributed by atoms with Crippen molar-refractivity contribution < 1.29 is 9.53 Å². The van der Waals surface area contributed by atoms with E-state index in [2.05, 4.69) is 6.92 Å². The van der Waals surface area contributed by atoms with E-state index in [9.17, 15) is 4.79 Å². The summed E-state index contributed by atoms with van der Waals surface area (Å²) in [7, 11) is 0. The fourth-order valence-electron chi connectivity index (χ4n) is 2.70. The molecule has 0 spiro atoms. The first-order valence-corrected chi connectivity index (χ1v) is 4.87. The molecule has 0 amide bonds. The van der Waals surface area contributed by atoms with E-state index in [0.717, 1.165) is 5.92 Å². The van der Waals surface area contributed by atoms with Gasteiger partial charge in [-0.15, -0.1) is 0 Å². The summed E-state index contributed by atoms with van der Waals surface area (Å²) in [4.78, 5) is 11.2. The van der Waals surface area contributed by atoms with Crippen molar-refractivity contribution in [1.82, 2.24) is 0 Å². The van der Waals surface area contributed by atoms with Gasteiger partial charge in [0.2, 0.25) is 0 Å². The molecular weight excluding hydrogens is 152 g/mol. The monoisotopic (exact) mass is 168 g/mol. The summed E-state index contributed by atoms with van der Waals surface area (Å²) in [5.41, 5.74) is 0. The molecule has 2 fully saturated rings. The number of ether oxygens (including phenoxy) is 1. The average molecular weight is 168 g/mol. The second-order valence-electron chi connectivity index (χ2n) is 4.30. The summed E-state index contributed by atoms with van der Waals surface area (Å²) in [6, 6.07) is 0. The van der Waals surface area contributed by atoms with Gasteiger partial charge in [0, 0.05) is 0 Å². The SMILES string of the molecule is C[C@H]1CC[C@H]2[C@@H]1COC(=O)[C@@H]2C. The minimum absolute atomic E-state index is 0.0188. The molecule has 1 aliphatic carbocycles. The quantitative estimate of drug-likeness (QED) is 0.516. The fourth-order valence-corrected chi connectivity index (χ4v) is 2.70. The molecule has 2 heteroatoms. The van der Waals surface area contributed by atoms with Gasteiger partial charge in [0.05, 0.1) is 12.5 Å². The lowest BCUT2D eigenvalue weighted by atomic mass is 9.81. The number of hydrogen-bond acceptors (Lipinski definition) is 2. The molecule has 0 radical (unpaired) electrons. The zero-order chi connectivity index (χ0) is 8.72. The van der Waals surface area contributed by atoms with E-state index in [0.29, 0.717) is 18.4 Å². The maximum atomic E-state index is 11.2. The maximum Gasteiger partial charge on any atom is 0.308 e.